The maximum atomic E-state index is 12.6. The minimum atomic E-state index is 0.0460. The molecular formula is C19H21N5OS. The average Bonchev–Trinajstić information content (AvgIpc) is 3.31. The van der Waals surface area contributed by atoms with Crippen molar-refractivity contribution in [3.63, 3.8) is 0 Å². The molecule has 1 fully saturated rings. The molecule has 0 atom stereocenters. The Morgan fingerprint density at radius 3 is 2.77 bits per heavy atom. The van der Waals surface area contributed by atoms with E-state index in [9.17, 15) is 4.79 Å². The van der Waals surface area contributed by atoms with Crippen LogP contribution < -0.4 is 0 Å². The minimum Gasteiger partial charge on any atom is -0.337 e. The van der Waals surface area contributed by atoms with Gasteiger partial charge in [-0.2, -0.15) is 0 Å². The summed E-state index contributed by atoms with van der Waals surface area (Å²) in [5.74, 6) is 1.51. The predicted octanol–water partition coefficient (Wildman–Crippen LogP) is 3.11. The van der Waals surface area contributed by atoms with Crippen molar-refractivity contribution < 1.29 is 4.79 Å². The van der Waals surface area contributed by atoms with Gasteiger partial charge in [0.2, 0.25) is 0 Å². The first-order valence-corrected chi connectivity index (χ1v) is 9.71. The SMILES string of the molecule is Cc1nc(C(=O)N2CCC(c3nccn3Cc3ccccn3)CC2)cs1. The van der Waals surface area contributed by atoms with Gasteiger partial charge in [0.15, 0.2) is 0 Å². The van der Waals surface area contributed by atoms with Gasteiger partial charge < -0.3 is 9.47 Å². The molecule has 3 aromatic heterocycles. The van der Waals surface area contributed by atoms with Crippen molar-refractivity contribution in [3.8, 4) is 0 Å². The highest BCUT2D eigenvalue weighted by Crippen LogP contribution is 2.28. The Kier molecular flexibility index (Phi) is 4.79. The van der Waals surface area contributed by atoms with Crippen molar-refractivity contribution in [2.45, 2.75) is 32.2 Å². The summed E-state index contributed by atoms with van der Waals surface area (Å²) in [6, 6.07) is 5.96. The molecule has 0 spiro atoms. The molecule has 1 aliphatic rings. The summed E-state index contributed by atoms with van der Waals surface area (Å²) >= 11 is 1.52. The highest BCUT2D eigenvalue weighted by atomic mass is 32.1. The zero-order chi connectivity index (χ0) is 17.9. The molecule has 4 rings (SSSR count). The summed E-state index contributed by atoms with van der Waals surface area (Å²) in [6.07, 6.45) is 7.53. The van der Waals surface area contributed by atoms with Crippen LogP contribution in [0.15, 0.2) is 42.2 Å². The maximum absolute atomic E-state index is 12.6. The topological polar surface area (TPSA) is 63.9 Å². The molecule has 1 saturated heterocycles. The van der Waals surface area contributed by atoms with Crippen molar-refractivity contribution >= 4 is 17.2 Å². The molecule has 7 heteroatoms. The summed E-state index contributed by atoms with van der Waals surface area (Å²) in [5.41, 5.74) is 1.60. The van der Waals surface area contributed by atoms with E-state index in [2.05, 4.69) is 19.5 Å². The number of pyridine rings is 1. The number of carbonyl (C=O) groups is 1. The Morgan fingerprint density at radius 1 is 1.23 bits per heavy atom. The molecule has 134 valence electrons. The van der Waals surface area contributed by atoms with E-state index in [0.717, 1.165) is 49.0 Å². The van der Waals surface area contributed by atoms with Gasteiger partial charge in [-0.05, 0) is 31.9 Å². The van der Waals surface area contributed by atoms with Gasteiger partial charge in [-0.1, -0.05) is 6.07 Å². The molecule has 0 N–H and O–H groups in total. The van der Waals surface area contributed by atoms with Gasteiger partial charge in [-0.15, -0.1) is 11.3 Å². The molecule has 0 saturated carbocycles. The Morgan fingerprint density at radius 2 is 2.08 bits per heavy atom. The molecule has 0 aromatic carbocycles. The number of piperidine rings is 1. The molecule has 26 heavy (non-hydrogen) atoms. The number of aryl methyl sites for hydroxylation is 1. The Balaban J connectivity index is 1.41. The second-order valence-electron chi connectivity index (χ2n) is 6.55. The lowest BCUT2D eigenvalue weighted by atomic mass is 9.95. The van der Waals surface area contributed by atoms with E-state index in [4.69, 9.17) is 0 Å². The summed E-state index contributed by atoms with van der Waals surface area (Å²) in [6.45, 7) is 4.15. The van der Waals surface area contributed by atoms with Crippen LogP contribution >= 0.6 is 11.3 Å². The van der Waals surface area contributed by atoms with E-state index >= 15 is 0 Å². The van der Waals surface area contributed by atoms with E-state index < -0.39 is 0 Å². The van der Waals surface area contributed by atoms with Crippen molar-refractivity contribution in [2.24, 2.45) is 0 Å². The first-order valence-electron chi connectivity index (χ1n) is 8.83. The number of likely N-dealkylation sites (tertiary alicyclic amines) is 1. The second-order valence-corrected chi connectivity index (χ2v) is 7.61. The number of aromatic nitrogens is 4. The van der Waals surface area contributed by atoms with Crippen molar-refractivity contribution in [3.05, 3.63) is 64.4 Å². The fourth-order valence-electron chi connectivity index (χ4n) is 3.44. The van der Waals surface area contributed by atoms with Crippen LogP contribution in [-0.2, 0) is 6.54 Å². The van der Waals surface area contributed by atoms with E-state index in [0.29, 0.717) is 11.6 Å². The number of carbonyl (C=O) groups excluding carboxylic acids is 1. The number of hydrogen-bond acceptors (Lipinski definition) is 5. The van der Waals surface area contributed by atoms with Crippen molar-refractivity contribution in [1.82, 2.24) is 24.4 Å². The number of amides is 1. The Hall–Kier alpha value is -2.54. The molecule has 1 aliphatic heterocycles. The average molecular weight is 367 g/mol. The van der Waals surface area contributed by atoms with Crippen LogP contribution in [0.1, 0.15) is 45.8 Å². The molecular weight excluding hydrogens is 346 g/mol. The van der Waals surface area contributed by atoms with Gasteiger partial charge in [-0.25, -0.2) is 9.97 Å². The van der Waals surface area contributed by atoms with Gasteiger partial charge >= 0.3 is 0 Å². The second kappa shape index (κ2) is 7.37. The maximum Gasteiger partial charge on any atom is 0.273 e. The molecule has 3 aromatic rings. The number of hydrogen-bond donors (Lipinski definition) is 0. The Bertz CT molecular complexity index is 880. The van der Waals surface area contributed by atoms with Gasteiger partial charge in [-0.3, -0.25) is 9.78 Å². The largest absolute Gasteiger partial charge is 0.337 e. The van der Waals surface area contributed by atoms with Crippen molar-refractivity contribution in [1.29, 1.82) is 0 Å². The van der Waals surface area contributed by atoms with Crippen LogP contribution in [0.25, 0.3) is 0 Å². The minimum absolute atomic E-state index is 0.0460. The third kappa shape index (κ3) is 3.53. The molecule has 4 heterocycles. The van der Waals surface area contributed by atoms with Crippen LogP contribution in [0, 0.1) is 6.92 Å². The highest BCUT2D eigenvalue weighted by molar-refractivity contribution is 7.09. The van der Waals surface area contributed by atoms with Crippen molar-refractivity contribution in [2.75, 3.05) is 13.1 Å². The molecule has 1 amide bonds. The van der Waals surface area contributed by atoms with Gasteiger partial charge in [0.05, 0.1) is 17.2 Å². The number of rotatable bonds is 4. The lowest BCUT2D eigenvalue weighted by Crippen LogP contribution is -2.38. The molecule has 0 bridgehead atoms. The number of thiazole rings is 1. The third-order valence-corrected chi connectivity index (χ3v) is 5.57. The summed E-state index contributed by atoms with van der Waals surface area (Å²) in [7, 11) is 0. The number of nitrogens with zero attached hydrogens (tertiary/aromatic N) is 5. The van der Waals surface area contributed by atoms with E-state index in [1.807, 2.05) is 54.0 Å². The zero-order valence-corrected chi connectivity index (χ0v) is 15.5. The van der Waals surface area contributed by atoms with Crippen LogP contribution in [0.2, 0.25) is 0 Å². The van der Waals surface area contributed by atoms with Gasteiger partial charge in [0.25, 0.3) is 5.91 Å². The summed E-state index contributed by atoms with van der Waals surface area (Å²) < 4.78 is 2.17. The van der Waals surface area contributed by atoms with Crippen LogP contribution in [0.3, 0.4) is 0 Å². The lowest BCUT2D eigenvalue weighted by Gasteiger charge is -2.31. The van der Waals surface area contributed by atoms with E-state index in [1.54, 1.807) is 0 Å². The van der Waals surface area contributed by atoms with E-state index in [1.165, 1.54) is 11.3 Å². The molecule has 0 radical (unpaired) electrons. The number of imidazole rings is 1. The summed E-state index contributed by atoms with van der Waals surface area (Å²) in [5, 5.41) is 2.78. The molecule has 6 nitrogen and oxygen atoms in total. The lowest BCUT2D eigenvalue weighted by molar-refractivity contribution is 0.0705. The van der Waals surface area contributed by atoms with Gasteiger partial charge in [0.1, 0.15) is 11.5 Å². The zero-order valence-electron chi connectivity index (χ0n) is 14.7. The highest BCUT2D eigenvalue weighted by Gasteiger charge is 2.27. The molecule has 0 aliphatic carbocycles. The normalized spacial score (nSPS) is 15.3. The smallest absolute Gasteiger partial charge is 0.273 e. The predicted molar refractivity (Wildman–Crippen MR) is 100 cm³/mol. The fourth-order valence-corrected chi connectivity index (χ4v) is 4.03. The monoisotopic (exact) mass is 367 g/mol. The first-order chi connectivity index (χ1) is 12.7. The third-order valence-electron chi connectivity index (χ3n) is 4.79. The quantitative estimate of drug-likeness (QED) is 0.711. The van der Waals surface area contributed by atoms with Crippen LogP contribution in [0.4, 0.5) is 0 Å². The van der Waals surface area contributed by atoms with Crippen LogP contribution in [-0.4, -0.2) is 43.4 Å². The standard InChI is InChI=1S/C19H21N5OS/c1-14-22-17(13-26-14)19(25)23-9-5-15(6-10-23)18-21-8-11-24(18)12-16-4-2-3-7-20-16/h2-4,7-8,11,13,15H,5-6,9-10,12H2,1H3. The molecule has 0 unspecified atom stereocenters. The van der Waals surface area contributed by atoms with Gasteiger partial charge in [0, 0.05) is 43.0 Å². The first kappa shape index (κ1) is 16.9. The summed E-state index contributed by atoms with van der Waals surface area (Å²) in [4.78, 5) is 27.8. The fraction of sp³-hybridized carbons (Fsp3) is 0.368. The van der Waals surface area contributed by atoms with Crippen LogP contribution in [0.5, 0.6) is 0 Å². The Labute approximate surface area is 156 Å². The van der Waals surface area contributed by atoms with E-state index in [-0.39, 0.29) is 5.91 Å².